The third kappa shape index (κ3) is 6.57. The van der Waals surface area contributed by atoms with Crippen molar-refractivity contribution >= 4 is 23.5 Å². The van der Waals surface area contributed by atoms with E-state index in [9.17, 15) is 9.59 Å². The van der Waals surface area contributed by atoms with Crippen molar-refractivity contribution in [1.29, 1.82) is 0 Å². The lowest BCUT2D eigenvalue weighted by molar-refractivity contribution is -0.124. The van der Waals surface area contributed by atoms with E-state index in [2.05, 4.69) is 5.32 Å². The van der Waals surface area contributed by atoms with Gasteiger partial charge in [0.05, 0.1) is 31.4 Å². The fourth-order valence-corrected chi connectivity index (χ4v) is 2.66. The molecule has 156 valence electrons. The first-order valence-electron chi connectivity index (χ1n) is 9.05. The van der Waals surface area contributed by atoms with Gasteiger partial charge in [0.15, 0.2) is 18.1 Å². The number of nitrogens with one attached hydrogen (secondary N) is 1. The summed E-state index contributed by atoms with van der Waals surface area (Å²) in [5.41, 5.74) is 1.06. The zero-order valence-corrected chi connectivity index (χ0v) is 17.4. The van der Waals surface area contributed by atoms with Crippen molar-refractivity contribution in [3.8, 4) is 17.2 Å². The van der Waals surface area contributed by atoms with Gasteiger partial charge in [-0.2, -0.15) is 0 Å². The first kappa shape index (κ1) is 22.4. The van der Waals surface area contributed by atoms with E-state index in [0.717, 1.165) is 17.7 Å². The van der Waals surface area contributed by atoms with Crippen LogP contribution in [0.25, 0.3) is 0 Å². The molecule has 1 amide bonds. The Morgan fingerprint density at radius 2 is 1.79 bits per heavy atom. The monoisotopic (exact) mass is 421 g/mol. The van der Waals surface area contributed by atoms with Gasteiger partial charge in [0.25, 0.3) is 5.91 Å². The zero-order valence-electron chi connectivity index (χ0n) is 16.6. The third-order valence-corrected chi connectivity index (χ3v) is 4.18. The fraction of sp³-hybridized carbons (Fsp3) is 0.333. The van der Waals surface area contributed by atoms with E-state index in [1.54, 1.807) is 19.2 Å². The third-order valence-electron chi connectivity index (χ3n) is 3.90. The molecule has 29 heavy (non-hydrogen) atoms. The summed E-state index contributed by atoms with van der Waals surface area (Å²) in [6.07, 6.45) is 0.801. The molecule has 2 aromatic carbocycles. The zero-order chi connectivity index (χ0) is 21.2. The van der Waals surface area contributed by atoms with Crippen LogP contribution in [0.3, 0.4) is 0 Å². The molecular weight excluding hydrogens is 398 g/mol. The number of rotatable bonds is 10. The molecule has 0 fully saturated rings. The van der Waals surface area contributed by atoms with Gasteiger partial charge < -0.3 is 24.3 Å². The number of hydrogen-bond donors (Lipinski definition) is 1. The van der Waals surface area contributed by atoms with Crippen LogP contribution in [0, 0.1) is 0 Å². The van der Waals surface area contributed by atoms with Gasteiger partial charge in [-0.1, -0.05) is 30.7 Å². The first-order valence-corrected chi connectivity index (χ1v) is 9.43. The van der Waals surface area contributed by atoms with Crippen LogP contribution < -0.4 is 19.5 Å². The molecule has 0 heterocycles. The number of halogens is 1. The molecule has 8 heteroatoms. The average molecular weight is 422 g/mol. The van der Waals surface area contributed by atoms with Gasteiger partial charge in [0, 0.05) is 6.54 Å². The maximum absolute atomic E-state index is 12.3. The molecule has 0 aliphatic carbocycles. The lowest BCUT2D eigenvalue weighted by atomic mass is 10.2. The molecule has 0 radical (unpaired) electrons. The number of esters is 1. The van der Waals surface area contributed by atoms with Crippen molar-refractivity contribution < 1.29 is 28.5 Å². The minimum absolute atomic E-state index is 0.165. The molecule has 0 spiro atoms. The molecule has 0 unspecified atom stereocenters. The first-order chi connectivity index (χ1) is 14.0. The Hall–Kier alpha value is -2.93. The molecule has 2 rings (SSSR count). The predicted molar refractivity (Wildman–Crippen MR) is 109 cm³/mol. The smallest absolute Gasteiger partial charge is 0.338 e. The molecule has 0 atom stereocenters. The minimum Gasteiger partial charge on any atom is -0.497 e. The minimum atomic E-state index is -0.688. The van der Waals surface area contributed by atoms with Crippen molar-refractivity contribution in [3.63, 3.8) is 0 Å². The van der Waals surface area contributed by atoms with Crippen molar-refractivity contribution in [3.05, 3.63) is 52.5 Å². The highest BCUT2D eigenvalue weighted by atomic mass is 35.5. The Balaban J connectivity index is 1.90. The molecule has 0 saturated heterocycles. The Morgan fingerprint density at radius 1 is 1.07 bits per heavy atom. The highest BCUT2D eigenvalue weighted by Crippen LogP contribution is 2.36. The van der Waals surface area contributed by atoms with E-state index in [-0.39, 0.29) is 10.6 Å². The van der Waals surface area contributed by atoms with Gasteiger partial charge in [-0.05, 0) is 36.2 Å². The van der Waals surface area contributed by atoms with Crippen molar-refractivity contribution in [1.82, 2.24) is 5.32 Å². The lowest BCUT2D eigenvalue weighted by Gasteiger charge is -2.13. The normalized spacial score (nSPS) is 10.2. The van der Waals surface area contributed by atoms with E-state index in [4.69, 9.17) is 30.5 Å². The van der Waals surface area contributed by atoms with Crippen LogP contribution in [0.4, 0.5) is 0 Å². The highest BCUT2D eigenvalue weighted by molar-refractivity contribution is 6.32. The van der Waals surface area contributed by atoms with Gasteiger partial charge >= 0.3 is 5.97 Å². The quantitative estimate of drug-likeness (QED) is 0.590. The number of methoxy groups -OCH3 is 2. The second-order valence-electron chi connectivity index (χ2n) is 6.04. The summed E-state index contributed by atoms with van der Waals surface area (Å²) < 4.78 is 20.9. The summed E-state index contributed by atoms with van der Waals surface area (Å²) in [5.74, 6) is 0.308. The Kier molecular flexibility index (Phi) is 8.61. The van der Waals surface area contributed by atoms with Crippen LogP contribution in [0.1, 0.15) is 29.3 Å². The standard InChI is InChI=1S/C21H24ClNO6/c1-4-9-28-20-17(22)10-15(11-18(20)27-3)21(25)29-13-19(24)23-12-14-5-7-16(26-2)8-6-14/h5-8,10-11H,4,9,12-13H2,1-3H3,(H,23,24). The molecular formula is C21H24ClNO6. The van der Waals surface area contributed by atoms with E-state index in [0.29, 0.717) is 24.7 Å². The van der Waals surface area contributed by atoms with Crippen LogP contribution in [0.2, 0.25) is 5.02 Å². The summed E-state index contributed by atoms with van der Waals surface area (Å²) >= 11 is 6.19. The summed E-state index contributed by atoms with van der Waals surface area (Å²) in [7, 11) is 3.03. The second kappa shape index (κ2) is 11.2. The Labute approximate surface area is 174 Å². The lowest BCUT2D eigenvalue weighted by Crippen LogP contribution is -2.28. The Bertz CT molecular complexity index is 838. The maximum Gasteiger partial charge on any atom is 0.338 e. The van der Waals surface area contributed by atoms with Crippen LogP contribution in [-0.4, -0.2) is 39.3 Å². The largest absolute Gasteiger partial charge is 0.497 e. The number of benzene rings is 2. The molecule has 0 aromatic heterocycles. The molecule has 0 aliphatic heterocycles. The van der Waals surface area contributed by atoms with E-state index in [1.807, 2.05) is 19.1 Å². The second-order valence-corrected chi connectivity index (χ2v) is 6.45. The molecule has 2 aromatic rings. The van der Waals surface area contributed by atoms with Crippen LogP contribution >= 0.6 is 11.6 Å². The molecule has 7 nitrogen and oxygen atoms in total. The molecule has 0 bridgehead atoms. The van der Waals surface area contributed by atoms with Gasteiger partial charge in [0.1, 0.15) is 5.75 Å². The summed E-state index contributed by atoms with van der Waals surface area (Å²) in [5, 5.41) is 2.91. The van der Waals surface area contributed by atoms with Crippen LogP contribution in [-0.2, 0) is 16.1 Å². The maximum atomic E-state index is 12.3. The number of carbonyl (C=O) groups is 2. The number of ether oxygens (including phenoxy) is 4. The number of hydrogen-bond acceptors (Lipinski definition) is 6. The topological polar surface area (TPSA) is 83.1 Å². The summed E-state index contributed by atoms with van der Waals surface area (Å²) in [6, 6.07) is 10.2. The van der Waals surface area contributed by atoms with E-state index in [1.165, 1.54) is 19.2 Å². The number of amides is 1. The van der Waals surface area contributed by atoms with Crippen molar-refractivity contribution in [2.24, 2.45) is 0 Å². The Morgan fingerprint density at radius 3 is 2.41 bits per heavy atom. The van der Waals surface area contributed by atoms with Gasteiger partial charge in [-0.25, -0.2) is 4.79 Å². The van der Waals surface area contributed by atoms with E-state index >= 15 is 0 Å². The summed E-state index contributed by atoms with van der Waals surface area (Å²) in [4.78, 5) is 24.2. The predicted octanol–water partition coefficient (Wildman–Crippen LogP) is 3.62. The van der Waals surface area contributed by atoms with Crippen LogP contribution in [0.5, 0.6) is 17.2 Å². The van der Waals surface area contributed by atoms with Gasteiger partial charge in [-0.15, -0.1) is 0 Å². The molecule has 0 saturated carbocycles. The van der Waals surface area contributed by atoms with Crippen molar-refractivity contribution in [2.75, 3.05) is 27.4 Å². The van der Waals surface area contributed by atoms with Crippen LogP contribution in [0.15, 0.2) is 36.4 Å². The number of carbonyl (C=O) groups excluding carboxylic acids is 2. The molecule has 0 aliphatic rings. The average Bonchev–Trinajstić information content (AvgIpc) is 2.74. The summed E-state index contributed by atoms with van der Waals surface area (Å²) in [6.45, 7) is 2.33. The molecule has 1 N–H and O–H groups in total. The SMILES string of the molecule is CCCOc1c(Cl)cc(C(=O)OCC(=O)NCc2ccc(OC)cc2)cc1OC. The fourth-order valence-electron chi connectivity index (χ4n) is 2.39. The van der Waals surface area contributed by atoms with E-state index < -0.39 is 18.5 Å². The van der Waals surface area contributed by atoms with Crippen molar-refractivity contribution in [2.45, 2.75) is 19.9 Å². The van der Waals surface area contributed by atoms with Gasteiger partial charge in [-0.3, -0.25) is 4.79 Å². The highest BCUT2D eigenvalue weighted by Gasteiger charge is 2.17. The van der Waals surface area contributed by atoms with Gasteiger partial charge in [0.2, 0.25) is 0 Å².